The van der Waals surface area contributed by atoms with Gasteiger partial charge in [-0.15, -0.1) is 0 Å². The number of piperidine rings is 1. The monoisotopic (exact) mass is 273 g/mol. The maximum absolute atomic E-state index is 2.70. The van der Waals surface area contributed by atoms with Crippen molar-refractivity contribution in [1.82, 2.24) is 4.90 Å². The zero-order valence-corrected chi connectivity index (χ0v) is 13.9. The summed E-state index contributed by atoms with van der Waals surface area (Å²) in [6.45, 7) is 14.5. The Morgan fingerprint density at radius 2 is 1.50 bits per heavy atom. The van der Waals surface area contributed by atoms with E-state index in [4.69, 9.17) is 0 Å². The highest BCUT2D eigenvalue weighted by Crippen LogP contribution is 2.36. The normalized spacial score (nSPS) is 19.2. The van der Waals surface area contributed by atoms with Crippen molar-refractivity contribution in [2.24, 2.45) is 11.3 Å². The molecule has 0 unspecified atom stereocenters. The summed E-state index contributed by atoms with van der Waals surface area (Å²) >= 11 is 0. The standard InChI is InChI=1S/C19H31N/c1-18(2,3)17-11-13-20(14-12-17)19(4,5)15-16-9-7-6-8-10-16/h6-10,17H,11-15H2,1-5H3. The molecular weight excluding hydrogens is 242 g/mol. The molecule has 0 saturated carbocycles. The van der Waals surface area contributed by atoms with Gasteiger partial charge >= 0.3 is 0 Å². The third-order valence-electron chi connectivity index (χ3n) is 5.06. The van der Waals surface area contributed by atoms with Crippen molar-refractivity contribution in [2.45, 2.75) is 59.4 Å². The Morgan fingerprint density at radius 3 is 2.00 bits per heavy atom. The zero-order valence-electron chi connectivity index (χ0n) is 13.9. The van der Waals surface area contributed by atoms with Gasteiger partial charge in [0.1, 0.15) is 0 Å². The topological polar surface area (TPSA) is 3.24 Å². The van der Waals surface area contributed by atoms with E-state index in [1.807, 2.05) is 0 Å². The lowest BCUT2D eigenvalue weighted by Gasteiger charge is -2.46. The molecular formula is C19H31N. The van der Waals surface area contributed by atoms with Crippen LogP contribution < -0.4 is 0 Å². The Kier molecular flexibility index (Phi) is 4.59. The number of hydrogen-bond acceptors (Lipinski definition) is 1. The Morgan fingerprint density at radius 1 is 0.950 bits per heavy atom. The van der Waals surface area contributed by atoms with Gasteiger partial charge in [-0.2, -0.15) is 0 Å². The quantitative estimate of drug-likeness (QED) is 0.767. The van der Waals surface area contributed by atoms with E-state index in [0.29, 0.717) is 5.41 Å². The highest BCUT2D eigenvalue weighted by atomic mass is 15.2. The lowest BCUT2D eigenvalue weighted by Crippen LogP contribution is -2.50. The lowest BCUT2D eigenvalue weighted by molar-refractivity contribution is 0.0442. The SMILES string of the molecule is CC(C)(C)C1CCN(C(C)(C)Cc2ccccc2)CC1. The molecule has 1 aromatic rings. The minimum atomic E-state index is 0.268. The molecule has 20 heavy (non-hydrogen) atoms. The highest BCUT2D eigenvalue weighted by Gasteiger charge is 2.34. The maximum Gasteiger partial charge on any atom is 0.0193 e. The van der Waals surface area contributed by atoms with Crippen molar-refractivity contribution in [3.8, 4) is 0 Å². The van der Waals surface area contributed by atoms with Gasteiger partial charge in [-0.1, -0.05) is 51.1 Å². The molecule has 1 heterocycles. The molecule has 0 amide bonds. The summed E-state index contributed by atoms with van der Waals surface area (Å²) in [6.07, 6.45) is 3.84. The molecule has 0 spiro atoms. The zero-order chi connectivity index (χ0) is 14.8. The van der Waals surface area contributed by atoms with Crippen molar-refractivity contribution in [3.63, 3.8) is 0 Å². The lowest BCUT2D eigenvalue weighted by atomic mass is 9.74. The summed E-state index contributed by atoms with van der Waals surface area (Å²) in [6, 6.07) is 10.9. The van der Waals surface area contributed by atoms with Gasteiger partial charge in [-0.05, 0) is 63.1 Å². The first kappa shape index (κ1) is 15.6. The summed E-state index contributed by atoms with van der Waals surface area (Å²) in [4.78, 5) is 2.70. The van der Waals surface area contributed by atoms with E-state index in [1.165, 1.54) is 31.5 Å². The van der Waals surface area contributed by atoms with Crippen LogP contribution in [0, 0.1) is 11.3 Å². The van der Waals surface area contributed by atoms with E-state index in [2.05, 4.69) is 69.9 Å². The number of benzene rings is 1. The summed E-state index contributed by atoms with van der Waals surface area (Å²) in [7, 11) is 0. The Bertz CT molecular complexity index is 405. The van der Waals surface area contributed by atoms with Crippen molar-refractivity contribution < 1.29 is 0 Å². The molecule has 1 saturated heterocycles. The minimum absolute atomic E-state index is 0.268. The van der Waals surface area contributed by atoms with Gasteiger partial charge in [0.2, 0.25) is 0 Å². The molecule has 1 heteroatoms. The smallest absolute Gasteiger partial charge is 0.0193 e. The Hall–Kier alpha value is -0.820. The summed E-state index contributed by atoms with van der Waals surface area (Å²) in [5.74, 6) is 0.881. The van der Waals surface area contributed by atoms with Crippen molar-refractivity contribution >= 4 is 0 Å². The molecule has 1 fully saturated rings. The molecule has 112 valence electrons. The first-order valence-electron chi connectivity index (χ1n) is 8.08. The number of hydrogen-bond donors (Lipinski definition) is 0. The van der Waals surface area contributed by atoms with E-state index in [9.17, 15) is 0 Å². The van der Waals surface area contributed by atoms with E-state index in [-0.39, 0.29) is 5.54 Å². The predicted molar refractivity (Wildman–Crippen MR) is 88.0 cm³/mol. The second-order valence-electron chi connectivity index (χ2n) is 8.10. The molecule has 1 aromatic carbocycles. The van der Waals surface area contributed by atoms with Crippen LogP contribution in [0.25, 0.3) is 0 Å². The predicted octanol–water partition coefficient (Wildman–Crippen LogP) is 4.77. The fourth-order valence-electron chi connectivity index (χ4n) is 3.56. The fourth-order valence-corrected chi connectivity index (χ4v) is 3.56. The fraction of sp³-hybridized carbons (Fsp3) is 0.684. The van der Waals surface area contributed by atoms with E-state index in [1.54, 1.807) is 0 Å². The van der Waals surface area contributed by atoms with Gasteiger partial charge in [-0.25, -0.2) is 0 Å². The molecule has 0 atom stereocenters. The van der Waals surface area contributed by atoms with Crippen LogP contribution in [-0.4, -0.2) is 23.5 Å². The molecule has 0 N–H and O–H groups in total. The molecule has 1 aliphatic heterocycles. The Balaban J connectivity index is 1.95. The maximum atomic E-state index is 2.70. The molecule has 0 aromatic heterocycles. The largest absolute Gasteiger partial charge is 0.298 e. The average molecular weight is 273 g/mol. The van der Waals surface area contributed by atoms with Gasteiger partial charge in [0, 0.05) is 5.54 Å². The summed E-state index contributed by atoms with van der Waals surface area (Å²) in [5, 5.41) is 0. The van der Waals surface area contributed by atoms with Crippen LogP contribution in [0.5, 0.6) is 0 Å². The average Bonchev–Trinajstić information content (AvgIpc) is 2.38. The van der Waals surface area contributed by atoms with Gasteiger partial charge in [0.25, 0.3) is 0 Å². The van der Waals surface area contributed by atoms with E-state index >= 15 is 0 Å². The van der Waals surface area contributed by atoms with Crippen LogP contribution in [0.3, 0.4) is 0 Å². The van der Waals surface area contributed by atoms with Gasteiger partial charge < -0.3 is 0 Å². The van der Waals surface area contributed by atoms with Crippen LogP contribution in [0.2, 0.25) is 0 Å². The van der Waals surface area contributed by atoms with E-state index in [0.717, 1.165) is 12.3 Å². The molecule has 0 aliphatic carbocycles. The second kappa shape index (κ2) is 5.89. The first-order valence-corrected chi connectivity index (χ1v) is 8.08. The van der Waals surface area contributed by atoms with Crippen LogP contribution in [-0.2, 0) is 6.42 Å². The third-order valence-corrected chi connectivity index (χ3v) is 5.06. The Labute approximate surface area is 125 Å². The first-order chi connectivity index (χ1) is 9.29. The minimum Gasteiger partial charge on any atom is -0.298 e. The third kappa shape index (κ3) is 3.85. The number of likely N-dealkylation sites (tertiary alicyclic amines) is 1. The summed E-state index contributed by atoms with van der Waals surface area (Å²) in [5.41, 5.74) is 2.19. The molecule has 2 rings (SSSR count). The van der Waals surface area contributed by atoms with Crippen molar-refractivity contribution in [1.29, 1.82) is 0 Å². The second-order valence-corrected chi connectivity index (χ2v) is 8.10. The molecule has 0 bridgehead atoms. The van der Waals surface area contributed by atoms with Crippen LogP contribution >= 0.6 is 0 Å². The van der Waals surface area contributed by atoms with E-state index < -0.39 is 0 Å². The van der Waals surface area contributed by atoms with Gasteiger partial charge in [-0.3, -0.25) is 4.90 Å². The van der Waals surface area contributed by atoms with Crippen LogP contribution in [0.1, 0.15) is 53.0 Å². The molecule has 1 aliphatic rings. The number of rotatable bonds is 3. The molecule has 1 nitrogen and oxygen atoms in total. The van der Waals surface area contributed by atoms with Gasteiger partial charge in [0.15, 0.2) is 0 Å². The molecule has 0 radical (unpaired) electrons. The van der Waals surface area contributed by atoms with Crippen molar-refractivity contribution in [3.05, 3.63) is 35.9 Å². The summed E-state index contributed by atoms with van der Waals surface area (Å²) < 4.78 is 0. The highest BCUT2D eigenvalue weighted by molar-refractivity contribution is 5.17. The van der Waals surface area contributed by atoms with Crippen molar-refractivity contribution in [2.75, 3.05) is 13.1 Å². The van der Waals surface area contributed by atoms with Gasteiger partial charge in [0.05, 0.1) is 0 Å². The van der Waals surface area contributed by atoms with Crippen LogP contribution in [0.4, 0.5) is 0 Å². The number of nitrogens with zero attached hydrogens (tertiary/aromatic N) is 1. The van der Waals surface area contributed by atoms with Crippen LogP contribution in [0.15, 0.2) is 30.3 Å².